The van der Waals surface area contributed by atoms with Crippen LogP contribution < -0.4 is 0 Å². The van der Waals surface area contributed by atoms with Crippen molar-refractivity contribution in [2.45, 2.75) is 0 Å². The van der Waals surface area contributed by atoms with Crippen molar-refractivity contribution in [3.63, 3.8) is 0 Å². The molecule has 0 rings (SSSR count). The second kappa shape index (κ2) is 1.28. The van der Waals surface area contributed by atoms with Crippen LogP contribution in [0.3, 0.4) is 0 Å². The monoisotopic (exact) mass is 273 g/mol. The first-order chi connectivity index (χ1) is 2.00. The third-order valence-corrected chi connectivity index (χ3v) is 0. The van der Waals surface area contributed by atoms with Gasteiger partial charge in [0, 0.05) is 0 Å². The molecule has 0 saturated carbocycles. The predicted octanol–water partition coefficient (Wildman–Crippen LogP) is 1.68. The number of halogens is 4. The molecule has 0 aromatic carbocycles. The summed E-state index contributed by atoms with van der Waals surface area (Å²) in [6.07, 6.45) is 0. The quantitative estimate of drug-likeness (QED) is 0.465. The molecule has 0 aliphatic carbocycles. The predicted molar refractivity (Wildman–Crippen MR) is 4.43 cm³/mol. The van der Waals surface area contributed by atoms with Gasteiger partial charge in [0.05, 0.1) is 0 Å². The molecule has 0 fully saturated rings. The average Bonchev–Trinajstić information content (AvgIpc) is 0.722. The molecule has 0 nitrogen and oxygen atoms in total. The molecule has 39 valence electrons. The van der Waals surface area contributed by atoms with Gasteiger partial charge in [-0.15, -0.1) is 0 Å². The van der Waals surface area contributed by atoms with E-state index >= 15 is 0 Å². The van der Waals surface area contributed by atoms with Gasteiger partial charge < -0.3 is 0 Å². The maximum atomic E-state index is 9.86. The first-order valence-electron chi connectivity index (χ1n) is 0.456. The van der Waals surface area contributed by atoms with Gasteiger partial charge in [-0.1, -0.05) is 0 Å². The molecule has 0 saturated heterocycles. The van der Waals surface area contributed by atoms with Crippen LogP contribution in [0, 0.1) is 0 Å². The van der Waals surface area contributed by atoms with E-state index in [0.29, 0.717) is 0 Å². The van der Waals surface area contributed by atoms with Crippen LogP contribution in [0.2, 0.25) is 0 Å². The van der Waals surface area contributed by atoms with Crippen molar-refractivity contribution >= 4 is 0 Å². The molecule has 0 aromatic heterocycles. The first kappa shape index (κ1) is 5.46. The third-order valence-electron chi connectivity index (χ3n) is 0. The van der Waals surface area contributed by atoms with Crippen molar-refractivity contribution in [3.8, 4) is 0 Å². The molecule has 0 aliphatic rings. The molecule has 0 spiro atoms. The summed E-state index contributed by atoms with van der Waals surface area (Å²) in [4.78, 5) is 0. The summed E-state index contributed by atoms with van der Waals surface area (Å²) in [6, 6.07) is 0. The molecular weight excluding hydrogens is 273 g/mol. The number of hydrogen-bond donors (Lipinski definition) is 0. The van der Waals surface area contributed by atoms with Crippen LogP contribution in [0.15, 0.2) is 0 Å². The van der Waals surface area contributed by atoms with Crippen molar-refractivity contribution in [2.24, 2.45) is 0 Å². The number of rotatable bonds is 0. The Labute approximate surface area is 32.1 Å². The topological polar surface area (TPSA) is 0 Å². The maximum absolute atomic E-state index is 9.86. The van der Waals surface area contributed by atoms with Gasteiger partial charge in [-0.2, -0.15) is 0 Å². The Kier molecular flexibility index (Phi) is 1.40. The zero-order valence-corrected chi connectivity index (χ0v) is 3.98. The van der Waals surface area contributed by atoms with E-state index in [1.54, 1.807) is 0 Å². The van der Waals surface area contributed by atoms with Gasteiger partial charge in [0.25, 0.3) is 0 Å². The van der Waals surface area contributed by atoms with Crippen LogP contribution >= 0.6 is 0 Å². The van der Waals surface area contributed by atoms with E-state index in [2.05, 4.69) is 0 Å². The third kappa shape index (κ3) is 127. The fraction of sp³-hybridized carbons (Fsp3) is 0. The molecule has 0 unspecified atom stereocenters. The van der Waals surface area contributed by atoms with Gasteiger partial charge in [0.1, 0.15) is 0 Å². The molecule has 0 heterocycles. The molecule has 5 heavy (non-hydrogen) atoms. The van der Waals surface area contributed by atoms with Gasteiger partial charge in [0.2, 0.25) is 0 Å². The molecule has 0 amide bonds. The first-order valence-corrected chi connectivity index (χ1v) is 3.73. The van der Waals surface area contributed by atoms with E-state index in [0.717, 1.165) is 0 Å². The molecule has 5 heteroatoms. The average molecular weight is 273 g/mol. The summed E-state index contributed by atoms with van der Waals surface area (Å²) in [5, 5.41) is 0. The van der Waals surface area contributed by atoms with Crippen LogP contribution in [0.5, 0.6) is 0 Å². The summed E-state index contributed by atoms with van der Waals surface area (Å²) in [5.74, 6) is 0. The molecule has 0 aromatic rings. The van der Waals surface area contributed by atoms with Gasteiger partial charge in [-0.25, -0.2) is 0 Å². The molecule has 0 atom stereocenters. The summed E-state index contributed by atoms with van der Waals surface area (Å²) in [5.41, 5.74) is 0. The van der Waals surface area contributed by atoms with E-state index in [1.807, 2.05) is 0 Å². The van der Waals surface area contributed by atoms with Gasteiger partial charge in [-0.05, 0) is 0 Å². The van der Waals surface area contributed by atoms with Crippen LogP contribution in [0.25, 0.3) is 0 Å². The van der Waals surface area contributed by atoms with Gasteiger partial charge >= 0.3 is 31.4 Å². The Morgan fingerprint density at radius 2 is 0.800 bits per heavy atom. The van der Waals surface area contributed by atoms with E-state index in [-0.39, 0.29) is 0 Å². The Morgan fingerprint density at radius 1 is 0.800 bits per heavy atom. The SMILES string of the molecule is [F][Au]([F])([F])[F]. The normalized spacial score (nSPS) is 15.2. The van der Waals surface area contributed by atoms with E-state index in [9.17, 15) is 12.1 Å². The van der Waals surface area contributed by atoms with Crippen molar-refractivity contribution in [1.82, 2.24) is 0 Å². The van der Waals surface area contributed by atoms with Crippen molar-refractivity contribution in [1.29, 1.82) is 0 Å². The molecule has 0 aliphatic heterocycles. The van der Waals surface area contributed by atoms with E-state index in [4.69, 9.17) is 0 Å². The summed E-state index contributed by atoms with van der Waals surface area (Å²) in [6.45, 7) is 0. The summed E-state index contributed by atoms with van der Waals surface area (Å²) < 4.78 is 39.4. The second-order valence-corrected chi connectivity index (χ2v) is 2.12. The van der Waals surface area contributed by atoms with E-state index < -0.39 is 19.3 Å². The van der Waals surface area contributed by atoms with Crippen LogP contribution in [0.1, 0.15) is 0 Å². The van der Waals surface area contributed by atoms with Crippen LogP contribution in [-0.4, -0.2) is 0 Å². The molecule has 0 N–H and O–H groups in total. The van der Waals surface area contributed by atoms with Gasteiger partial charge in [0.15, 0.2) is 0 Å². The minimum atomic E-state index is -6.89. The van der Waals surface area contributed by atoms with Crippen LogP contribution in [0.4, 0.5) is 12.1 Å². The van der Waals surface area contributed by atoms with E-state index in [1.165, 1.54) is 0 Å². The number of hydrogen-bond acceptors (Lipinski definition) is 0. The fourth-order valence-corrected chi connectivity index (χ4v) is 0. The molecule has 0 radical (unpaired) electrons. The van der Waals surface area contributed by atoms with Crippen molar-refractivity contribution in [2.75, 3.05) is 0 Å². The Morgan fingerprint density at radius 3 is 0.800 bits per heavy atom. The van der Waals surface area contributed by atoms with Gasteiger partial charge in [-0.3, -0.25) is 0 Å². The minimum absolute atomic E-state index is 6.89. The Balaban J connectivity index is 3.02. The fourth-order valence-electron chi connectivity index (χ4n) is 0. The van der Waals surface area contributed by atoms with Crippen LogP contribution in [-0.2, 0) is 19.3 Å². The zero-order chi connectivity index (χ0) is 4.50. The molecule has 0 bridgehead atoms. The summed E-state index contributed by atoms with van der Waals surface area (Å²) in [7, 11) is 0. The standard InChI is InChI=1S/Au.4FH/h;4*1H/q+4;;;;/p-4. The van der Waals surface area contributed by atoms with Crippen molar-refractivity contribution < 1.29 is 31.4 Å². The zero-order valence-electron chi connectivity index (χ0n) is 1.81. The Bertz CT molecular complexity index is 19.1. The molecular formula is AuF4. The van der Waals surface area contributed by atoms with Crippen molar-refractivity contribution in [3.05, 3.63) is 0 Å². The Hall–Kier alpha value is 0.460. The second-order valence-electron chi connectivity index (χ2n) is 0.258. The summed E-state index contributed by atoms with van der Waals surface area (Å²) >= 11 is -6.89.